The normalized spacial score (nSPS) is 19.9. The highest BCUT2D eigenvalue weighted by Crippen LogP contribution is 2.27. The van der Waals surface area contributed by atoms with Crippen LogP contribution in [0.15, 0.2) is 24.3 Å². The van der Waals surface area contributed by atoms with Gasteiger partial charge < -0.3 is 10.2 Å². The number of carbonyl (C=O) groups is 1. The van der Waals surface area contributed by atoms with Crippen LogP contribution in [0.25, 0.3) is 0 Å². The first kappa shape index (κ1) is 16.0. The third-order valence-corrected chi connectivity index (χ3v) is 4.38. The second kappa shape index (κ2) is 6.61. The van der Waals surface area contributed by atoms with E-state index in [1.54, 1.807) is 0 Å². The van der Waals surface area contributed by atoms with Crippen molar-refractivity contribution in [2.45, 2.75) is 51.5 Å². The first-order valence-corrected chi connectivity index (χ1v) is 7.98. The van der Waals surface area contributed by atoms with Gasteiger partial charge in [0.2, 0.25) is 0 Å². The number of amides is 1. The van der Waals surface area contributed by atoms with Crippen LogP contribution in [-0.4, -0.2) is 37.0 Å². The number of hydrogen-bond acceptors (Lipinski definition) is 2. The lowest BCUT2D eigenvalue weighted by Gasteiger charge is -2.30. The second-order valence-corrected chi connectivity index (χ2v) is 7.05. The van der Waals surface area contributed by atoms with Crippen molar-refractivity contribution >= 4 is 5.91 Å². The minimum atomic E-state index is -0.0158. The summed E-state index contributed by atoms with van der Waals surface area (Å²) in [6.07, 6.45) is 3.27. The minimum Gasteiger partial charge on any atom is -0.339 e. The van der Waals surface area contributed by atoms with E-state index in [-0.39, 0.29) is 11.3 Å². The highest BCUT2D eigenvalue weighted by Gasteiger charge is 2.26. The monoisotopic (exact) mass is 288 g/mol. The fourth-order valence-corrected chi connectivity index (χ4v) is 3.07. The molecule has 0 spiro atoms. The maximum Gasteiger partial charge on any atom is 0.254 e. The van der Waals surface area contributed by atoms with Gasteiger partial charge in [0.25, 0.3) is 5.91 Å². The van der Waals surface area contributed by atoms with Crippen LogP contribution in [0.5, 0.6) is 0 Å². The fourth-order valence-electron chi connectivity index (χ4n) is 3.07. The Bertz CT molecular complexity index is 482. The Morgan fingerprint density at radius 1 is 1.19 bits per heavy atom. The zero-order valence-corrected chi connectivity index (χ0v) is 13.8. The van der Waals surface area contributed by atoms with Gasteiger partial charge in [-0.25, -0.2) is 0 Å². The Morgan fingerprint density at radius 2 is 1.90 bits per heavy atom. The molecule has 116 valence electrons. The molecule has 0 saturated carbocycles. The Labute approximate surface area is 128 Å². The fraction of sp³-hybridized carbons (Fsp3) is 0.611. The quantitative estimate of drug-likeness (QED) is 0.906. The zero-order valence-electron chi connectivity index (χ0n) is 13.8. The van der Waals surface area contributed by atoms with Gasteiger partial charge >= 0.3 is 0 Å². The van der Waals surface area contributed by atoms with Crippen molar-refractivity contribution in [2.24, 2.45) is 0 Å². The van der Waals surface area contributed by atoms with Crippen LogP contribution in [0, 0.1) is 0 Å². The molecule has 0 aromatic heterocycles. The summed E-state index contributed by atoms with van der Waals surface area (Å²) in [7, 11) is 1.96. The SMILES string of the molecule is CN(C(=O)c1ccccc1C(C)(C)C)C1CCCNCC1. The molecular weight excluding hydrogens is 260 g/mol. The molecule has 1 aliphatic rings. The van der Waals surface area contributed by atoms with E-state index in [0.717, 1.165) is 43.5 Å². The van der Waals surface area contributed by atoms with E-state index in [0.29, 0.717) is 6.04 Å². The molecule has 21 heavy (non-hydrogen) atoms. The van der Waals surface area contributed by atoms with Crippen LogP contribution in [0.3, 0.4) is 0 Å². The largest absolute Gasteiger partial charge is 0.339 e. The van der Waals surface area contributed by atoms with Crippen LogP contribution < -0.4 is 5.32 Å². The van der Waals surface area contributed by atoms with Crippen molar-refractivity contribution < 1.29 is 4.79 Å². The van der Waals surface area contributed by atoms with E-state index in [4.69, 9.17) is 0 Å². The van der Waals surface area contributed by atoms with Crippen molar-refractivity contribution in [1.29, 1.82) is 0 Å². The molecule has 1 aromatic carbocycles. The van der Waals surface area contributed by atoms with Crippen LogP contribution in [-0.2, 0) is 5.41 Å². The standard InChI is InChI=1S/C18H28N2O/c1-18(2,3)16-10-6-5-9-15(16)17(21)20(4)14-8-7-12-19-13-11-14/h5-6,9-10,14,19H,7-8,11-13H2,1-4H3. The van der Waals surface area contributed by atoms with Crippen molar-refractivity contribution in [3.63, 3.8) is 0 Å². The van der Waals surface area contributed by atoms with Gasteiger partial charge in [-0.15, -0.1) is 0 Å². The first-order valence-electron chi connectivity index (χ1n) is 7.98. The summed E-state index contributed by atoms with van der Waals surface area (Å²) >= 11 is 0. The number of nitrogens with zero attached hydrogens (tertiary/aromatic N) is 1. The molecule has 0 aliphatic carbocycles. The topological polar surface area (TPSA) is 32.3 Å². The van der Waals surface area contributed by atoms with Gasteiger partial charge in [-0.1, -0.05) is 39.0 Å². The summed E-state index contributed by atoms with van der Waals surface area (Å²) in [5, 5.41) is 3.41. The molecule has 1 atom stereocenters. The lowest BCUT2D eigenvalue weighted by molar-refractivity contribution is 0.0718. The van der Waals surface area contributed by atoms with Crippen LogP contribution >= 0.6 is 0 Å². The zero-order chi connectivity index (χ0) is 15.5. The van der Waals surface area contributed by atoms with E-state index in [1.807, 2.05) is 30.1 Å². The van der Waals surface area contributed by atoms with Crippen molar-refractivity contribution in [3.05, 3.63) is 35.4 Å². The molecular formula is C18H28N2O. The highest BCUT2D eigenvalue weighted by molar-refractivity contribution is 5.96. The number of rotatable bonds is 2. The van der Waals surface area contributed by atoms with Gasteiger partial charge in [-0.3, -0.25) is 4.79 Å². The lowest BCUT2D eigenvalue weighted by Crippen LogP contribution is -2.38. The van der Waals surface area contributed by atoms with Crippen LogP contribution in [0.2, 0.25) is 0 Å². The molecule has 1 heterocycles. The van der Waals surface area contributed by atoms with E-state index >= 15 is 0 Å². The van der Waals surface area contributed by atoms with E-state index in [1.165, 1.54) is 0 Å². The molecule has 0 radical (unpaired) electrons. The first-order chi connectivity index (χ1) is 9.91. The van der Waals surface area contributed by atoms with Gasteiger partial charge in [0.15, 0.2) is 0 Å². The molecule has 1 amide bonds. The van der Waals surface area contributed by atoms with Crippen molar-refractivity contribution in [1.82, 2.24) is 10.2 Å². The molecule has 1 N–H and O–H groups in total. The molecule has 0 bridgehead atoms. The summed E-state index contributed by atoms with van der Waals surface area (Å²) in [6.45, 7) is 8.55. The minimum absolute atomic E-state index is 0.0158. The predicted molar refractivity (Wildman–Crippen MR) is 87.7 cm³/mol. The molecule has 1 aliphatic heterocycles. The molecule has 1 saturated heterocycles. The average Bonchev–Trinajstić information content (AvgIpc) is 2.74. The highest BCUT2D eigenvalue weighted by atomic mass is 16.2. The average molecular weight is 288 g/mol. The third-order valence-electron chi connectivity index (χ3n) is 4.38. The molecule has 1 fully saturated rings. The van der Waals surface area contributed by atoms with E-state index < -0.39 is 0 Å². The van der Waals surface area contributed by atoms with Crippen molar-refractivity contribution in [2.75, 3.05) is 20.1 Å². The summed E-state index contributed by atoms with van der Waals surface area (Å²) in [5.41, 5.74) is 1.97. The maximum absolute atomic E-state index is 12.9. The number of carbonyl (C=O) groups excluding carboxylic acids is 1. The van der Waals surface area contributed by atoms with E-state index in [2.05, 4.69) is 32.2 Å². The van der Waals surface area contributed by atoms with Gasteiger partial charge in [0, 0.05) is 18.7 Å². The second-order valence-electron chi connectivity index (χ2n) is 7.05. The van der Waals surface area contributed by atoms with Crippen LogP contribution in [0.1, 0.15) is 56.0 Å². The molecule has 1 unspecified atom stereocenters. The number of benzene rings is 1. The molecule has 3 heteroatoms. The summed E-state index contributed by atoms with van der Waals surface area (Å²) in [4.78, 5) is 14.9. The summed E-state index contributed by atoms with van der Waals surface area (Å²) in [5.74, 6) is 0.160. The Morgan fingerprint density at radius 3 is 2.62 bits per heavy atom. The Hall–Kier alpha value is -1.35. The van der Waals surface area contributed by atoms with Crippen molar-refractivity contribution in [3.8, 4) is 0 Å². The number of nitrogens with one attached hydrogen (secondary N) is 1. The molecule has 1 aromatic rings. The van der Waals surface area contributed by atoms with Gasteiger partial charge in [-0.05, 0) is 49.4 Å². The molecule has 3 nitrogen and oxygen atoms in total. The smallest absolute Gasteiger partial charge is 0.254 e. The Balaban J connectivity index is 2.23. The van der Waals surface area contributed by atoms with E-state index in [9.17, 15) is 4.79 Å². The number of hydrogen-bond donors (Lipinski definition) is 1. The predicted octanol–water partition coefficient (Wildman–Crippen LogP) is 3.20. The summed E-state index contributed by atoms with van der Waals surface area (Å²) < 4.78 is 0. The maximum atomic E-state index is 12.9. The van der Waals surface area contributed by atoms with Gasteiger partial charge in [0.1, 0.15) is 0 Å². The molecule has 2 rings (SSSR count). The van der Waals surface area contributed by atoms with Gasteiger partial charge in [0.05, 0.1) is 0 Å². The third kappa shape index (κ3) is 3.85. The van der Waals surface area contributed by atoms with Gasteiger partial charge in [-0.2, -0.15) is 0 Å². The van der Waals surface area contributed by atoms with Crippen LogP contribution in [0.4, 0.5) is 0 Å². The lowest BCUT2D eigenvalue weighted by atomic mass is 9.83. The summed E-state index contributed by atoms with van der Waals surface area (Å²) in [6, 6.07) is 8.38. The Kier molecular flexibility index (Phi) is 5.04.